The lowest BCUT2D eigenvalue weighted by Crippen LogP contribution is -1.63. The second-order valence-corrected chi connectivity index (χ2v) is 1.92. The number of H-pyrrole nitrogens is 1. The van der Waals surface area contributed by atoms with Crippen LogP contribution in [0.5, 0.6) is 0 Å². The molecule has 100 valence electrons. The summed E-state index contributed by atoms with van der Waals surface area (Å²) in [6, 6.07) is 7.94. The van der Waals surface area contributed by atoms with E-state index in [1.165, 1.54) is 0 Å². The van der Waals surface area contributed by atoms with E-state index in [9.17, 15) is 0 Å². The maximum atomic E-state index is 4.06. The highest BCUT2D eigenvalue weighted by Crippen LogP contribution is 2.05. The molecule has 0 fully saturated rings. The molecule has 0 spiro atoms. The number of aromatic amines is 1. The minimum absolute atomic E-state index is 0. The molecule has 16 heavy (non-hydrogen) atoms. The number of aromatic nitrogens is 2. The second-order valence-electron chi connectivity index (χ2n) is 1.92. The smallest absolute Gasteiger partial charge is 0.0931 e. The first-order chi connectivity index (χ1) is 4.47. The molecule has 0 amide bonds. The van der Waals surface area contributed by atoms with Crippen molar-refractivity contribution in [2.24, 2.45) is 0 Å². The normalized spacial score (nSPS) is 5.75. The molecule has 0 unspecified atom stereocenters. The van der Waals surface area contributed by atoms with Crippen LogP contribution in [0, 0.1) is 0 Å². The van der Waals surface area contributed by atoms with Crippen LogP contribution in [-0.2, 0) is 0 Å². The Hall–Kier alpha value is -1.31. The van der Waals surface area contributed by atoms with Gasteiger partial charge in [-0.05, 0) is 12.1 Å². The Morgan fingerprint density at radius 2 is 1.25 bits per heavy atom. The van der Waals surface area contributed by atoms with Gasteiger partial charge in [-0.25, -0.2) is 4.98 Å². The lowest BCUT2D eigenvalue weighted by molar-refractivity contribution is 1.34. The van der Waals surface area contributed by atoms with Gasteiger partial charge in [-0.3, -0.25) is 0 Å². The van der Waals surface area contributed by atoms with E-state index in [-0.39, 0.29) is 52.0 Å². The first-order valence-corrected chi connectivity index (χ1v) is 2.85. The SMILES string of the molecule is C.C.C.C.C.C.C.c1ccc2[nH]cnc2c1. The molecular formula is C14H34N2. The molecule has 0 radical (unpaired) electrons. The third-order valence-electron chi connectivity index (χ3n) is 1.33. The van der Waals surface area contributed by atoms with Crippen LogP contribution in [0.1, 0.15) is 52.0 Å². The Kier molecular flexibility index (Phi) is 36.8. The van der Waals surface area contributed by atoms with E-state index in [1.807, 2.05) is 24.3 Å². The van der Waals surface area contributed by atoms with Crippen molar-refractivity contribution < 1.29 is 0 Å². The Morgan fingerprint density at radius 1 is 0.750 bits per heavy atom. The van der Waals surface area contributed by atoms with Crippen molar-refractivity contribution in [1.29, 1.82) is 0 Å². The molecule has 1 aromatic carbocycles. The quantitative estimate of drug-likeness (QED) is 0.589. The Balaban J connectivity index is -0.0000000357. The fourth-order valence-corrected chi connectivity index (χ4v) is 0.880. The standard InChI is InChI=1S/C7H6N2.7CH4/c1-2-4-7-6(3-1)8-5-9-7;;;;;;;/h1-5H,(H,8,9);7*1H4. The van der Waals surface area contributed by atoms with Crippen LogP contribution in [-0.4, -0.2) is 9.97 Å². The van der Waals surface area contributed by atoms with Gasteiger partial charge in [0.2, 0.25) is 0 Å². The fraction of sp³-hybridized carbons (Fsp3) is 0.500. The monoisotopic (exact) mass is 230 g/mol. The summed E-state index contributed by atoms with van der Waals surface area (Å²) in [7, 11) is 0. The van der Waals surface area contributed by atoms with E-state index in [0.29, 0.717) is 0 Å². The summed E-state index contributed by atoms with van der Waals surface area (Å²) in [5.41, 5.74) is 2.12. The van der Waals surface area contributed by atoms with Crippen LogP contribution < -0.4 is 0 Å². The molecular weight excluding hydrogens is 196 g/mol. The summed E-state index contributed by atoms with van der Waals surface area (Å²) < 4.78 is 0. The minimum Gasteiger partial charge on any atom is -0.345 e. The zero-order valence-electron chi connectivity index (χ0n) is 4.83. The molecule has 1 heterocycles. The summed E-state index contributed by atoms with van der Waals surface area (Å²) in [4.78, 5) is 7.07. The van der Waals surface area contributed by atoms with Crippen molar-refractivity contribution in [1.82, 2.24) is 9.97 Å². The number of nitrogens with one attached hydrogen (secondary N) is 1. The van der Waals surface area contributed by atoms with Crippen LogP contribution >= 0.6 is 0 Å². The highest BCUT2D eigenvalue weighted by molar-refractivity contribution is 5.73. The zero-order chi connectivity index (χ0) is 6.10. The molecule has 0 saturated carbocycles. The van der Waals surface area contributed by atoms with Gasteiger partial charge in [0, 0.05) is 0 Å². The molecule has 0 saturated heterocycles. The van der Waals surface area contributed by atoms with Crippen LogP contribution in [0.4, 0.5) is 0 Å². The van der Waals surface area contributed by atoms with E-state index in [2.05, 4.69) is 9.97 Å². The first-order valence-electron chi connectivity index (χ1n) is 2.85. The number of hydrogen-bond donors (Lipinski definition) is 1. The summed E-state index contributed by atoms with van der Waals surface area (Å²) in [5.74, 6) is 0. The number of imidazole rings is 1. The highest BCUT2D eigenvalue weighted by atomic mass is 14.9. The minimum atomic E-state index is 0. The number of hydrogen-bond acceptors (Lipinski definition) is 1. The van der Waals surface area contributed by atoms with Gasteiger partial charge in [-0.1, -0.05) is 64.1 Å². The maximum Gasteiger partial charge on any atom is 0.0931 e. The summed E-state index contributed by atoms with van der Waals surface area (Å²) in [6.07, 6.45) is 1.70. The molecule has 0 bridgehead atoms. The third-order valence-corrected chi connectivity index (χ3v) is 1.33. The Labute approximate surface area is 104 Å². The summed E-state index contributed by atoms with van der Waals surface area (Å²) in [5, 5.41) is 0. The lowest BCUT2D eigenvalue weighted by Gasteiger charge is -1.81. The molecule has 0 atom stereocenters. The molecule has 2 aromatic rings. The fourth-order valence-electron chi connectivity index (χ4n) is 0.880. The predicted octanol–water partition coefficient (Wildman–Crippen LogP) is 6.02. The van der Waals surface area contributed by atoms with Gasteiger partial charge in [0.25, 0.3) is 0 Å². The Morgan fingerprint density at radius 3 is 1.75 bits per heavy atom. The van der Waals surface area contributed by atoms with Crippen molar-refractivity contribution in [3.63, 3.8) is 0 Å². The Bertz CT molecular complexity index is 283. The molecule has 2 nitrogen and oxygen atoms in total. The lowest BCUT2D eigenvalue weighted by atomic mass is 10.3. The van der Waals surface area contributed by atoms with Gasteiger partial charge in [0.05, 0.1) is 17.4 Å². The van der Waals surface area contributed by atoms with Gasteiger partial charge in [0.1, 0.15) is 0 Å². The largest absolute Gasteiger partial charge is 0.345 e. The van der Waals surface area contributed by atoms with E-state index in [0.717, 1.165) is 11.0 Å². The van der Waals surface area contributed by atoms with Gasteiger partial charge < -0.3 is 4.98 Å². The van der Waals surface area contributed by atoms with Crippen LogP contribution in [0.15, 0.2) is 30.6 Å². The first kappa shape index (κ1) is 36.5. The van der Waals surface area contributed by atoms with Crippen molar-refractivity contribution in [2.75, 3.05) is 0 Å². The highest BCUT2D eigenvalue weighted by Gasteiger charge is 1.88. The van der Waals surface area contributed by atoms with E-state index in [1.54, 1.807) is 6.33 Å². The molecule has 0 aliphatic carbocycles. The number of fused-ring (bicyclic) bond motifs is 1. The van der Waals surface area contributed by atoms with Crippen molar-refractivity contribution in [3.05, 3.63) is 30.6 Å². The van der Waals surface area contributed by atoms with Crippen molar-refractivity contribution in [2.45, 2.75) is 52.0 Å². The van der Waals surface area contributed by atoms with Crippen LogP contribution in [0.2, 0.25) is 0 Å². The van der Waals surface area contributed by atoms with E-state index >= 15 is 0 Å². The van der Waals surface area contributed by atoms with Crippen molar-refractivity contribution in [3.8, 4) is 0 Å². The number of para-hydroxylation sites is 2. The van der Waals surface area contributed by atoms with Crippen molar-refractivity contribution >= 4 is 11.0 Å². The number of rotatable bonds is 0. The number of benzene rings is 1. The summed E-state index contributed by atoms with van der Waals surface area (Å²) >= 11 is 0. The topological polar surface area (TPSA) is 28.7 Å². The molecule has 1 N–H and O–H groups in total. The van der Waals surface area contributed by atoms with Crippen LogP contribution in [0.3, 0.4) is 0 Å². The average Bonchev–Trinajstić information content (AvgIpc) is 2.33. The van der Waals surface area contributed by atoms with E-state index < -0.39 is 0 Å². The molecule has 0 aliphatic heterocycles. The molecule has 2 heteroatoms. The van der Waals surface area contributed by atoms with Crippen LogP contribution in [0.25, 0.3) is 11.0 Å². The molecule has 0 aliphatic rings. The maximum absolute atomic E-state index is 4.06. The van der Waals surface area contributed by atoms with Gasteiger partial charge >= 0.3 is 0 Å². The predicted molar refractivity (Wildman–Crippen MR) is 83.2 cm³/mol. The second kappa shape index (κ2) is 16.1. The van der Waals surface area contributed by atoms with Gasteiger partial charge in [0.15, 0.2) is 0 Å². The van der Waals surface area contributed by atoms with E-state index in [4.69, 9.17) is 0 Å². The molecule has 1 aromatic heterocycles. The molecule has 2 rings (SSSR count). The van der Waals surface area contributed by atoms with Gasteiger partial charge in [-0.15, -0.1) is 0 Å². The third kappa shape index (κ3) is 7.04. The zero-order valence-corrected chi connectivity index (χ0v) is 4.83. The number of nitrogens with zero attached hydrogens (tertiary/aromatic N) is 1. The average molecular weight is 230 g/mol. The summed E-state index contributed by atoms with van der Waals surface area (Å²) in [6.45, 7) is 0. The van der Waals surface area contributed by atoms with Gasteiger partial charge in [-0.2, -0.15) is 0 Å².